The van der Waals surface area contributed by atoms with Gasteiger partial charge in [0.25, 0.3) is 0 Å². The number of ether oxygens (including phenoxy) is 1. The molecular weight excluding hydrogens is 178 g/mol. The normalized spacial score (nSPS) is 12.3. The van der Waals surface area contributed by atoms with E-state index in [0.717, 1.165) is 5.56 Å². The van der Waals surface area contributed by atoms with Gasteiger partial charge in [0.15, 0.2) is 0 Å². The number of benzene rings is 1. The molecule has 1 aromatic carbocycles. The van der Waals surface area contributed by atoms with Crippen molar-refractivity contribution in [3.63, 3.8) is 0 Å². The van der Waals surface area contributed by atoms with Crippen LogP contribution in [0.1, 0.15) is 18.1 Å². The Morgan fingerprint density at radius 2 is 2.00 bits per heavy atom. The smallest absolute Gasteiger partial charge is 0.328 e. The number of carbonyl (C=O) groups excluding carboxylic acids is 1. The van der Waals surface area contributed by atoms with E-state index in [1.807, 2.05) is 26.0 Å². The summed E-state index contributed by atoms with van der Waals surface area (Å²) in [5.41, 5.74) is 7.65. The molecule has 76 valence electrons. The topological polar surface area (TPSA) is 52.3 Å². The van der Waals surface area contributed by atoms with E-state index in [0.29, 0.717) is 5.75 Å². The van der Waals surface area contributed by atoms with Gasteiger partial charge in [0.1, 0.15) is 11.8 Å². The van der Waals surface area contributed by atoms with Gasteiger partial charge in [-0.15, -0.1) is 0 Å². The summed E-state index contributed by atoms with van der Waals surface area (Å²) in [5.74, 6) is 0.142. The number of esters is 1. The fourth-order valence-corrected chi connectivity index (χ4v) is 0.986. The maximum absolute atomic E-state index is 11.2. The lowest BCUT2D eigenvalue weighted by Crippen LogP contribution is -2.30. The molecule has 0 aliphatic carbocycles. The zero-order valence-corrected chi connectivity index (χ0v) is 8.70. The Bertz CT molecular complexity index is 345. The van der Waals surface area contributed by atoms with Gasteiger partial charge in [-0.25, -0.2) is 4.79 Å². The maximum Gasteiger partial charge on any atom is 0.328 e. The van der Waals surface area contributed by atoms with E-state index in [1.165, 1.54) is 5.56 Å². The van der Waals surface area contributed by atoms with Crippen LogP contribution in [0.15, 0.2) is 18.2 Å². The van der Waals surface area contributed by atoms with Crippen molar-refractivity contribution in [2.45, 2.75) is 26.8 Å². The lowest BCUT2D eigenvalue weighted by molar-refractivity contribution is -0.135. The van der Waals surface area contributed by atoms with Crippen molar-refractivity contribution in [3.8, 4) is 5.75 Å². The van der Waals surface area contributed by atoms with Crippen molar-refractivity contribution in [1.82, 2.24) is 0 Å². The molecule has 0 bridgehead atoms. The highest BCUT2D eigenvalue weighted by Crippen LogP contribution is 2.16. The summed E-state index contributed by atoms with van der Waals surface area (Å²) in [6.07, 6.45) is 0. The van der Waals surface area contributed by atoms with Gasteiger partial charge in [-0.2, -0.15) is 0 Å². The Labute approximate surface area is 83.9 Å². The van der Waals surface area contributed by atoms with Gasteiger partial charge >= 0.3 is 5.97 Å². The molecule has 0 saturated heterocycles. The highest BCUT2D eigenvalue weighted by molar-refractivity contribution is 5.77. The van der Waals surface area contributed by atoms with E-state index < -0.39 is 12.0 Å². The van der Waals surface area contributed by atoms with Crippen LogP contribution in [0.25, 0.3) is 0 Å². The highest BCUT2D eigenvalue weighted by atomic mass is 16.5. The van der Waals surface area contributed by atoms with Crippen LogP contribution >= 0.6 is 0 Å². The first-order chi connectivity index (χ1) is 6.50. The molecule has 0 spiro atoms. The standard InChI is InChI=1S/C11H15NO2/c1-7-4-5-10(6-8(7)2)14-11(13)9(3)12/h4-6,9H,12H2,1-3H3. The highest BCUT2D eigenvalue weighted by Gasteiger charge is 2.09. The molecule has 3 heteroatoms. The second-order valence-electron chi connectivity index (χ2n) is 3.46. The average molecular weight is 193 g/mol. The Hall–Kier alpha value is -1.35. The van der Waals surface area contributed by atoms with E-state index in [-0.39, 0.29) is 0 Å². The fraction of sp³-hybridized carbons (Fsp3) is 0.364. The predicted molar refractivity (Wildman–Crippen MR) is 55.2 cm³/mol. The minimum atomic E-state index is -0.586. The Morgan fingerprint density at radius 1 is 1.36 bits per heavy atom. The molecule has 0 saturated carbocycles. The van der Waals surface area contributed by atoms with Crippen molar-refractivity contribution in [1.29, 1.82) is 0 Å². The summed E-state index contributed by atoms with van der Waals surface area (Å²) in [7, 11) is 0. The lowest BCUT2D eigenvalue weighted by Gasteiger charge is -2.08. The monoisotopic (exact) mass is 193 g/mol. The maximum atomic E-state index is 11.2. The molecule has 1 aromatic rings. The molecule has 0 heterocycles. The van der Waals surface area contributed by atoms with Crippen molar-refractivity contribution >= 4 is 5.97 Å². The summed E-state index contributed by atoms with van der Waals surface area (Å²) in [6.45, 7) is 5.58. The van der Waals surface area contributed by atoms with Crippen molar-refractivity contribution in [3.05, 3.63) is 29.3 Å². The van der Waals surface area contributed by atoms with E-state index in [9.17, 15) is 4.79 Å². The third-order valence-electron chi connectivity index (χ3n) is 2.07. The molecule has 14 heavy (non-hydrogen) atoms. The summed E-state index contributed by atoms with van der Waals surface area (Å²) in [5, 5.41) is 0. The Kier molecular flexibility index (Phi) is 3.25. The predicted octanol–water partition coefficient (Wildman–Crippen LogP) is 1.56. The lowest BCUT2D eigenvalue weighted by atomic mass is 10.1. The minimum absolute atomic E-state index is 0.409. The van der Waals surface area contributed by atoms with Gasteiger partial charge in [-0.1, -0.05) is 6.07 Å². The molecule has 2 N–H and O–H groups in total. The van der Waals surface area contributed by atoms with Crippen LogP contribution in [0, 0.1) is 13.8 Å². The Balaban J connectivity index is 2.78. The molecule has 0 amide bonds. The van der Waals surface area contributed by atoms with E-state index in [4.69, 9.17) is 10.5 Å². The summed E-state index contributed by atoms with van der Waals surface area (Å²) >= 11 is 0. The number of carbonyl (C=O) groups is 1. The zero-order chi connectivity index (χ0) is 10.7. The van der Waals surface area contributed by atoms with Crippen molar-refractivity contribution < 1.29 is 9.53 Å². The largest absolute Gasteiger partial charge is 0.425 e. The van der Waals surface area contributed by atoms with Crippen LogP contribution in [0.3, 0.4) is 0 Å². The van der Waals surface area contributed by atoms with Crippen LogP contribution in [0.2, 0.25) is 0 Å². The molecule has 0 aliphatic rings. The zero-order valence-electron chi connectivity index (χ0n) is 8.70. The third-order valence-corrected chi connectivity index (χ3v) is 2.07. The van der Waals surface area contributed by atoms with Gasteiger partial charge in [-0.05, 0) is 44.0 Å². The number of nitrogens with two attached hydrogens (primary N) is 1. The molecule has 1 atom stereocenters. The van der Waals surface area contributed by atoms with Gasteiger partial charge in [0, 0.05) is 0 Å². The SMILES string of the molecule is Cc1ccc(OC(=O)C(C)N)cc1C. The van der Waals surface area contributed by atoms with E-state index >= 15 is 0 Å². The van der Waals surface area contributed by atoms with Gasteiger partial charge in [0.05, 0.1) is 0 Å². The first-order valence-electron chi connectivity index (χ1n) is 4.55. The molecule has 0 aromatic heterocycles. The quantitative estimate of drug-likeness (QED) is 0.572. The fourth-order valence-electron chi connectivity index (χ4n) is 0.986. The molecular formula is C11H15NO2. The van der Waals surface area contributed by atoms with Crippen LogP contribution in [-0.4, -0.2) is 12.0 Å². The first kappa shape index (κ1) is 10.7. The van der Waals surface area contributed by atoms with Crippen LogP contribution in [0.4, 0.5) is 0 Å². The number of hydrogen-bond donors (Lipinski definition) is 1. The molecule has 0 aliphatic heterocycles. The van der Waals surface area contributed by atoms with Crippen molar-refractivity contribution in [2.75, 3.05) is 0 Å². The number of aryl methyl sites for hydroxylation is 2. The first-order valence-corrected chi connectivity index (χ1v) is 4.55. The summed E-state index contributed by atoms with van der Waals surface area (Å²) in [6, 6.07) is 4.92. The summed E-state index contributed by atoms with van der Waals surface area (Å²) in [4.78, 5) is 11.2. The number of rotatable bonds is 2. The van der Waals surface area contributed by atoms with Gasteiger partial charge in [-0.3, -0.25) is 0 Å². The molecule has 0 fully saturated rings. The average Bonchev–Trinajstić information content (AvgIpc) is 2.11. The van der Waals surface area contributed by atoms with Crippen LogP contribution in [-0.2, 0) is 4.79 Å². The molecule has 1 rings (SSSR count). The Morgan fingerprint density at radius 3 is 2.50 bits per heavy atom. The molecule has 3 nitrogen and oxygen atoms in total. The number of hydrogen-bond acceptors (Lipinski definition) is 3. The van der Waals surface area contributed by atoms with Gasteiger partial charge < -0.3 is 10.5 Å². The van der Waals surface area contributed by atoms with Crippen molar-refractivity contribution in [2.24, 2.45) is 5.73 Å². The minimum Gasteiger partial charge on any atom is -0.425 e. The molecule has 1 unspecified atom stereocenters. The van der Waals surface area contributed by atoms with Crippen LogP contribution < -0.4 is 10.5 Å². The van der Waals surface area contributed by atoms with E-state index in [2.05, 4.69) is 0 Å². The second-order valence-corrected chi connectivity index (χ2v) is 3.46. The second kappa shape index (κ2) is 4.24. The third kappa shape index (κ3) is 2.57. The molecule has 0 radical (unpaired) electrons. The van der Waals surface area contributed by atoms with E-state index in [1.54, 1.807) is 13.0 Å². The van der Waals surface area contributed by atoms with Crippen LogP contribution in [0.5, 0.6) is 5.75 Å². The summed E-state index contributed by atoms with van der Waals surface area (Å²) < 4.78 is 5.05. The van der Waals surface area contributed by atoms with Gasteiger partial charge in [0.2, 0.25) is 0 Å².